The molecule has 3 aliphatic rings. The monoisotopic (exact) mass is 380 g/mol. The lowest BCUT2D eigenvalue weighted by Crippen LogP contribution is -2.54. The molecular weight excluding hydrogens is 356 g/mol. The van der Waals surface area contributed by atoms with E-state index in [-0.39, 0.29) is 17.6 Å². The quantitative estimate of drug-likeness (QED) is 0.644. The summed E-state index contributed by atoms with van der Waals surface area (Å²) in [6.45, 7) is 2.17. The molecule has 2 aliphatic heterocycles. The summed E-state index contributed by atoms with van der Waals surface area (Å²) in [5.74, 6) is 0.179. The zero-order valence-electron chi connectivity index (χ0n) is 16.4. The van der Waals surface area contributed by atoms with Gasteiger partial charge in [0.25, 0.3) is 0 Å². The second-order valence-electron chi connectivity index (χ2n) is 8.27. The predicted molar refractivity (Wildman–Crippen MR) is 115 cm³/mol. The second kappa shape index (κ2) is 6.57. The lowest BCUT2D eigenvalue weighted by atomic mass is 9.79. The molecule has 29 heavy (non-hydrogen) atoms. The van der Waals surface area contributed by atoms with E-state index in [4.69, 9.17) is 9.99 Å². The Balaban J connectivity index is 1.61. The van der Waals surface area contributed by atoms with Crippen molar-refractivity contribution >= 4 is 5.71 Å². The molecule has 3 heteroatoms. The van der Waals surface area contributed by atoms with Crippen LogP contribution in [0, 0.1) is 0 Å². The van der Waals surface area contributed by atoms with E-state index in [1.165, 1.54) is 29.5 Å². The average molecular weight is 380 g/mol. The van der Waals surface area contributed by atoms with Gasteiger partial charge < -0.3 is 4.84 Å². The van der Waals surface area contributed by atoms with Gasteiger partial charge in [-0.1, -0.05) is 90.1 Å². The fraction of sp³-hybridized carbons (Fsp3) is 0.269. The molecule has 0 bridgehead atoms. The van der Waals surface area contributed by atoms with Crippen LogP contribution in [0.4, 0.5) is 0 Å². The summed E-state index contributed by atoms with van der Waals surface area (Å²) in [6, 6.07) is 30.3. The normalized spacial score (nSPS) is 27.9. The van der Waals surface area contributed by atoms with Crippen molar-refractivity contribution in [1.29, 1.82) is 0 Å². The Hall–Kier alpha value is -2.91. The molecule has 3 aromatic rings. The topological polar surface area (TPSA) is 24.8 Å². The Morgan fingerprint density at radius 1 is 0.793 bits per heavy atom. The van der Waals surface area contributed by atoms with E-state index in [0.29, 0.717) is 0 Å². The zero-order valence-corrected chi connectivity index (χ0v) is 16.4. The molecule has 2 heterocycles. The highest BCUT2D eigenvalue weighted by atomic mass is 16.6. The van der Waals surface area contributed by atoms with Crippen LogP contribution in [0.2, 0.25) is 0 Å². The first kappa shape index (κ1) is 17.0. The van der Waals surface area contributed by atoms with E-state index in [9.17, 15) is 0 Å². The van der Waals surface area contributed by atoms with Crippen molar-refractivity contribution in [1.82, 2.24) is 4.90 Å². The van der Waals surface area contributed by atoms with Crippen LogP contribution in [0.5, 0.6) is 0 Å². The third kappa shape index (κ3) is 2.31. The number of hydrogen-bond acceptors (Lipinski definition) is 3. The largest absolute Gasteiger partial charge is 0.388 e. The van der Waals surface area contributed by atoms with Gasteiger partial charge in [0, 0.05) is 5.56 Å². The molecule has 3 atom stereocenters. The van der Waals surface area contributed by atoms with Crippen LogP contribution >= 0.6 is 0 Å². The molecular formula is C26H24N2O. The summed E-state index contributed by atoms with van der Waals surface area (Å²) in [7, 11) is 0. The first-order chi connectivity index (χ1) is 14.4. The van der Waals surface area contributed by atoms with Gasteiger partial charge in [0.15, 0.2) is 6.10 Å². The first-order valence-corrected chi connectivity index (χ1v) is 10.6. The van der Waals surface area contributed by atoms with Crippen molar-refractivity contribution < 1.29 is 4.84 Å². The molecule has 0 aromatic heterocycles. The maximum absolute atomic E-state index is 6.36. The molecule has 144 valence electrons. The fourth-order valence-electron chi connectivity index (χ4n) is 5.70. The van der Waals surface area contributed by atoms with Gasteiger partial charge in [-0.15, -0.1) is 0 Å². The molecule has 1 saturated heterocycles. The van der Waals surface area contributed by atoms with Gasteiger partial charge in [-0.25, -0.2) is 0 Å². The van der Waals surface area contributed by atoms with Crippen LogP contribution in [0.25, 0.3) is 0 Å². The summed E-state index contributed by atoms with van der Waals surface area (Å²) in [5, 5.41) is 4.76. The molecule has 0 unspecified atom stereocenters. The van der Waals surface area contributed by atoms with Crippen LogP contribution in [0.15, 0.2) is 90.1 Å². The molecule has 0 saturated carbocycles. The van der Waals surface area contributed by atoms with E-state index in [1.54, 1.807) is 0 Å². The maximum atomic E-state index is 6.36. The number of fused-ring (bicyclic) bond motifs is 3. The lowest BCUT2D eigenvalue weighted by molar-refractivity contribution is -0.00268. The number of benzene rings is 3. The predicted octanol–water partition coefficient (Wildman–Crippen LogP) is 4.93. The summed E-state index contributed by atoms with van der Waals surface area (Å²) in [4.78, 5) is 8.99. The SMILES string of the molecule is c1ccc(C2=NO[C@@H]3[C@@H](c4ccccc4)c4ccccc4[C@]23N2CCCC2)cc1. The standard InChI is InChI=1S/C26H24N2O/c1-3-11-19(12-4-1)23-21-15-7-8-16-22(21)26(28-17-9-10-18-28)24(27-29-25(23)26)20-13-5-2-6-14-20/h1-8,11-16,23,25H,9-10,17-18H2/t23-,25+,26-/m0/s1. The Labute approximate surface area is 171 Å². The van der Waals surface area contributed by atoms with E-state index in [1.807, 2.05) is 0 Å². The molecule has 0 N–H and O–H groups in total. The van der Waals surface area contributed by atoms with Crippen LogP contribution < -0.4 is 0 Å². The van der Waals surface area contributed by atoms with Gasteiger partial charge >= 0.3 is 0 Å². The maximum Gasteiger partial charge on any atom is 0.166 e. The van der Waals surface area contributed by atoms with Gasteiger partial charge in [0.2, 0.25) is 0 Å². The van der Waals surface area contributed by atoms with Gasteiger partial charge in [0.1, 0.15) is 11.3 Å². The van der Waals surface area contributed by atoms with E-state index in [2.05, 4.69) is 89.8 Å². The molecule has 0 radical (unpaired) electrons. The highest BCUT2D eigenvalue weighted by molar-refractivity contribution is 6.10. The summed E-state index contributed by atoms with van der Waals surface area (Å²) >= 11 is 0. The van der Waals surface area contributed by atoms with Crippen LogP contribution in [-0.4, -0.2) is 29.8 Å². The number of oxime groups is 1. The van der Waals surface area contributed by atoms with Crippen molar-refractivity contribution in [3.8, 4) is 0 Å². The minimum absolute atomic E-state index is 0.0457. The smallest absolute Gasteiger partial charge is 0.166 e. The van der Waals surface area contributed by atoms with Gasteiger partial charge in [0.05, 0.1) is 5.92 Å². The number of hydrogen-bond donors (Lipinski definition) is 0. The van der Waals surface area contributed by atoms with Crippen molar-refractivity contribution in [2.45, 2.75) is 30.4 Å². The van der Waals surface area contributed by atoms with Crippen molar-refractivity contribution in [2.24, 2.45) is 5.16 Å². The zero-order chi connectivity index (χ0) is 19.3. The molecule has 0 spiro atoms. The number of likely N-dealkylation sites (tertiary alicyclic amines) is 1. The molecule has 3 nitrogen and oxygen atoms in total. The molecule has 1 fully saturated rings. The van der Waals surface area contributed by atoms with Crippen LogP contribution in [-0.2, 0) is 10.4 Å². The summed E-state index contributed by atoms with van der Waals surface area (Å²) < 4.78 is 0. The highest BCUT2D eigenvalue weighted by Crippen LogP contribution is 2.57. The van der Waals surface area contributed by atoms with Gasteiger partial charge in [-0.05, 0) is 42.6 Å². The Bertz CT molecular complexity index is 1060. The van der Waals surface area contributed by atoms with Crippen LogP contribution in [0.3, 0.4) is 0 Å². The Morgan fingerprint density at radius 3 is 2.21 bits per heavy atom. The van der Waals surface area contributed by atoms with E-state index < -0.39 is 0 Å². The van der Waals surface area contributed by atoms with Crippen molar-refractivity contribution in [3.05, 3.63) is 107 Å². The van der Waals surface area contributed by atoms with Crippen LogP contribution in [0.1, 0.15) is 41.0 Å². The van der Waals surface area contributed by atoms with E-state index >= 15 is 0 Å². The minimum Gasteiger partial charge on any atom is -0.388 e. The van der Waals surface area contributed by atoms with Gasteiger partial charge in [-0.2, -0.15) is 0 Å². The summed E-state index contributed by atoms with van der Waals surface area (Å²) in [6.07, 6.45) is 2.42. The number of nitrogens with zero attached hydrogens (tertiary/aromatic N) is 2. The molecule has 1 aliphatic carbocycles. The Kier molecular flexibility index (Phi) is 3.85. The first-order valence-electron chi connectivity index (χ1n) is 10.6. The Morgan fingerprint density at radius 2 is 1.45 bits per heavy atom. The van der Waals surface area contributed by atoms with Crippen molar-refractivity contribution in [2.75, 3.05) is 13.1 Å². The third-order valence-electron chi connectivity index (χ3n) is 6.85. The number of rotatable bonds is 3. The molecule has 6 rings (SSSR count). The fourth-order valence-corrected chi connectivity index (χ4v) is 5.70. The molecule has 0 amide bonds. The highest BCUT2D eigenvalue weighted by Gasteiger charge is 2.64. The van der Waals surface area contributed by atoms with E-state index in [0.717, 1.165) is 24.4 Å². The molecule has 3 aromatic carbocycles. The second-order valence-corrected chi connectivity index (χ2v) is 8.27. The average Bonchev–Trinajstić information content (AvgIpc) is 3.49. The van der Waals surface area contributed by atoms with Crippen molar-refractivity contribution in [3.63, 3.8) is 0 Å². The van der Waals surface area contributed by atoms with Gasteiger partial charge in [-0.3, -0.25) is 4.90 Å². The third-order valence-corrected chi connectivity index (χ3v) is 6.85. The minimum atomic E-state index is -0.324. The lowest BCUT2D eigenvalue weighted by Gasteiger charge is -2.39. The summed E-state index contributed by atoms with van der Waals surface area (Å²) in [5.41, 5.74) is 5.94.